The first-order valence-electron chi connectivity index (χ1n) is 7.33. The molecule has 0 atom stereocenters. The first-order valence-corrected chi connectivity index (χ1v) is 7.70. The van der Waals surface area contributed by atoms with Gasteiger partial charge in [-0.2, -0.15) is 13.2 Å². The van der Waals surface area contributed by atoms with E-state index in [2.05, 4.69) is 10.6 Å². The second-order valence-electron chi connectivity index (χ2n) is 5.21. The number of ether oxygens (including phenoxy) is 1. The Bertz CT molecular complexity index is 825. The van der Waals surface area contributed by atoms with Crippen LogP contribution in [0.25, 0.3) is 0 Å². The number of carbonyl (C=O) groups is 2. The molecule has 0 fully saturated rings. The molecule has 0 heterocycles. The summed E-state index contributed by atoms with van der Waals surface area (Å²) in [5.74, 6) is -0.727. The number of alkyl halides is 3. The summed E-state index contributed by atoms with van der Waals surface area (Å²) >= 11 is 5.53. The van der Waals surface area contributed by atoms with Crippen molar-refractivity contribution in [1.29, 1.82) is 0 Å². The van der Waals surface area contributed by atoms with Crippen LogP contribution >= 0.6 is 11.6 Å². The van der Waals surface area contributed by atoms with Crippen molar-refractivity contribution in [3.05, 3.63) is 53.1 Å². The van der Waals surface area contributed by atoms with Crippen molar-refractivity contribution in [3.8, 4) is 5.75 Å². The van der Waals surface area contributed by atoms with Crippen LogP contribution in [0.15, 0.2) is 42.5 Å². The SMILES string of the molecule is CC(=O)Nc1ccccc1OCC(=O)Nc1ccc(Cl)c(C(F)(F)F)c1. The van der Waals surface area contributed by atoms with Crippen LogP contribution in [-0.2, 0) is 15.8 Å². The summed E-state index contributed by atoms with van der Waals surface area (Å²) in [7, 11) is 0. The van der Waals surface area contributed by atoms with Crippen molar-refractivity contribution in [2.75, 3.05) is 17.2 Å². The Kier molecular flexibility index (Phi) is 6.10. The highest BCUT2D eigenvalue weighted by molar-refractivity contribution is 6.31. The van der Waals surface area contributed by atoms with Gasteiger partial charge in [-0.3, -0.25) is 9.59 Å². The number of anilines is 2. The predicted octanol–water partition coefficient (Wildman–Crippen LogP) is 4.33. The Morgan fingerprint density at radius 1 is 1.12 bits per heavy atom. The number of carbonyl (C=O) groups excluding carboxylic acids is 2. The molecule has 0 aromatic heterocycles. The van der Waals surface area contributed by atoms with Gasteiger partial charge in [0.2, 0.25) is 5.91 Å². The predicted molar refractivity (Wildman–Crippen MR) is 91.3 cm³/mol. The Morgan fingerprint density at radius 3 is 2.46 bits per heavy atom. The highest BCUT2D eigenvalue weighted by Crippen LogP contribution is 2.36. The minimum Gasteiger partial charge on any atom is -0.482 e. The van der Waals surface area contributed by atoms with Gasteiger partial charge in [-0.1, -0.05) is 23.7 Å². The largest absolute Gasteiger partial charge is 0.482 e. The molecular formula is C17H14ClF3N2O3. The van der Waals surface area contributed by atoms with E-state index in [-0.39, 0.29) is 17.3 Å². The summed E-state index contributed by atoms with van der Waals surface area (Å²) in [6.45, 7) is 0.864. The molecule has 2 N–H and O–H groups in total. The highest BCUT2D eigenvalue weighted by atomic mass is 35.5. The molecule has 2 aromatic carbocycles. The Morgan fingerprint density at radius 2 is 1.81 bits per heavy atom. The lowest BCUT2D eigenvalue weighted by atomic mass is 10.2. The lowest BCUT2D eigenvalue weighted by Gasteiger charge is -2.13. The van der Waals surface area contributed by atoms with Crippen molar-refractivity contribution >= 4 is 34.8 Å². The smallest absolute Gasteiger partial charge is 0.417 e. The van der Waals surface area contributed by atoms with Gasteiger partial charge in [0.25, 0.3) is 5.91 Å². The molecular weight excluding hydrogens is 373 g/mol. The Balaban J connectivity index is 2.03. The van der Waals surface area contributed by atoms with Crippen LogP contribution in [0.1, 0.15) is 12.5 Å². The number of hydrogen-bond donors (Lipinski definition) is 2. The van der Waals surface area contributed by atoms with Gasteiger partial charge in [-0.05, 0) is 30.3 Å². The van der Waals surface area contributed by atoms with Crippen molar-refractivity contribution in [2.24, 2.45) is 0 Å². The molecule has 5 nitrogen and oxygen atoms in total. The summed E-state index contributed by atoms with van der Waals surface area (Å²) in [6, 6.07) is 9.49. The second-order valence-corrected chi connectivity index (χ2v) is 5.61. The fourth-order valence-electron chi connectivity index (χ4n) is 2.05. The number of benzene rings is 2. The monoisotopic (exact) mass is 386 g/mol. The summed E-state index contributed by atoms with van der Waals surface area (Å²) < 4.78 is 43.8. The van der Waals surface area contributed by atoms with E-state index in [4.69, 9.17) is 16.3 Å². The van der Waals surface area contributed by atoms with Crippen LogP contribution in [0, 0.1) is 0 Å². The van der Waals surface area contributed by atoms with Gasteiger partial charge in [0.05, 0.1) is 16.3 Å². The van der Waals surface area contributed by atoms with Gasteiger partial charge in [0, 0.05) is 12.6 Å². The van der Waals surface area contributed by atoms with Crippen LogP contribution in [0.4, 0.5) is 24.5 Å². The van der Waals surface area contributed by atoms with Crippen LogP contribution in [0.2, 0.25) is 5.02 Å². The second kappa shape index (κ2) is 8.09. The van der Waals surface area contributed by atoms with E-state index in [1.807, 2.05) is 0 Å². The first kappa shape index (κ1) is 19.6. The lowest BCUT2D eigenvalue weighted by Crippen LogP contribution is -2.21. The molecule has 9 heteroatoms. The van der Waals surface area contributed by atoms with E-state index in [0.717, 1.165) is 12.1 Å². The van der Waals surface area contributed by atoms with Crippen molar-refractivity contribution < 1.29 is 27.5 Å². The maximum absolute atomic E-state index is 12.8. The maximum Gasteiger partial charge on any atom is 0.417 e. The average Bonchev–Trinajstić information content (AvgIpc) is 2.54. The van der Waals surface area contributed by atoms with Gasteiger partial charge >= 0.3 is 6.18 Å². The number of amides is 2. The molecule has 0 saturated heterocycles. The number of halogens is 4. The molecule has 0 bridgehead atoms. The minimum atomic E-state index is -4.63. The highest BCUT2D eigenvalue weighted by Gasteiger charge is 2.33. The van der Waals surface area contributed by atoms with Crippen molar-refractivity contribution in [2.45, 2.75) is 13.1 Å². The fourth-order valence-corrected chi connectivity index (χ4v) is 2.27. The third-order valence-corrected chi connectivity index (χ3v) is 3.44. The summed E-state index contributed by atoms with van der Waals surface area (Å²) in [5, 5.41) is 4.38. The number of rotatable bonds is 5. The van der Waals surface area contributed by atoms with Crippen molar-refractivity contribution in [1.82, 2.24) is 0 Å². The van der Waals surface area contributed by atoms with Gasteiger partial charge in [-0.25, -0.2) is 0 Å². The molecule has 0 spiro atoms. The summed E-state index contributed by atoms with van der Waals surface area (Å²) in [4.78, 5) is 23.1. The zero-order chi connectivity index (χ0) is 19.3. The van der Waals surface area contributed by atoms with Crippen LogP contribution in [-0.4, -0.2) is 18.4 Å². The minimum absolute atomic E-state index is 0.0644. The molecule has 2 rings (SSSR count). The van der Waals surface area contributed by atoms with Crippen molar-refractivity contribution in [3.63, 3.8) is 0 Å². The van der Waals surface area contributed by atoms with Gasteiger partial charge in [-0.15, -0.1) is 0 Å². The molecule has 0 unspecified atom stereocenters. The molecule has 0 aliphatic heterocycles. The average molecular weight is 387 g/mol. The molecule has 0 saturated carbocycles. The quantitative estimate of drug-likeness (QED) is 0.803. The molecule has 2 aromatic rings. The van der Waals surface area contributed by atoms with Crippen LogP contribution < -0.4 is 15.4 Å². The molecule has 0 radical (unpaired) electrons. The van der Waals surface area contributed by atoms with Crippen LogP contribution in [0.5, 0.6) is 5.75 Å². The summed E-state index contributed by atoms with van der Waals surface area (Å²) in [6.07, 6.45) is -4.63. The van der Waals surface area contributed by atoms with E-state index in [0.29, 0.717) is 5.69 Å². The lowest BCUT2D eigenvalue weighted by molar-refractivity contribution is -0.137. The molecule has 0 aliphatic rings. The van der Waals surface area contributed by atoms with E-state index >= 15 is 0 Å². The summed E-state index contributed by atoms with van der Waals surface area (Å²) in [5.41, 5.74) is -0.738. The Labute approximate surface area is 152 Å². The number of nitrogens with one attached hydrogen (secondary N) is 2. The molecule has 26 heavy (non-hydrogen) atoms. The van der Waals surface area contributed by atoms with Crippen LogP contribution in [0.3, 0.4) is 0 Å². The van der Waals surface area contributed by atoms with E-state index in [9.17, 15) is 22.8 Å². The van der Waals surface area contributed by atoms with Gasteiger partial charge < -0.3 is 15.4 Å². The third kappa shape index (κ3) is 5.38. The number of hydrogen-bond acceptors (Lipinski definition) is 3. The molecule has 2 amide bonds. The molecule has 138 valence electrons. The topological polar surface area (TPSA) is 67.4 Å². The zero-order valence-corrected chi connectivity index (χ0v) is 14.2. The Hall–Kier alpha value is -2.74. The fraction of sp³-hybridized carbons (Fsp3) is 0.176. The van der Waals surface area contributed by atoms with Gasteiger partial charge in [0.15, 0.2) is 6.61 Å². The third-order valence-electron chi connectivity index (χ3n) is 3.11. The maximum atomic E-state index is 12.8. The molecule has 0 aliphatic carbocycles. The first-order chi connectivity index (χ1) is 12.2. The number of para-hydroxylation sites is 2. The van der Waals surface area contributed by atoms with E-state index in [1.165, 1.54) is 13.0 Å². The zero-order valence-electron chi connectivity index (χ0n) is 13.5. The normalized spacial score (nSPS) is 11.0. The van der Waals surface area contributed by atoms with Gasteiger partial charge in [0.1, 0.15) is 5.75 Å². The standard InChI is InChI=1S/C17H14ClF3N2O3/c1-10(24)22-14-4-2-3-5-15(14)26-9-16(25)23-11-6-7-13(18)12(8-11)17(19,20)21/h2-8H,9H2,1H3,(H,22,24)(H,23,25). The van der Waals surface area contributed by atoms with E-state index < -0.39 is 29.3 Å². The van der Waals surface area contributed by atoms with E-state index in [1.54, 1.807) is 24.3 Å².